The molecule has 0 heterocycles. The maximum Gasteiger partial charge on any atom is 0.328 e. The molecular formula is C35H38N2O4S. The normalized spacial score (nSPS) is 11.4. The van der Waals surface area contributed by atoms with Gasteiger partial charge in [-0.1, -0.05) is 60.7 Å². The predicted octanol–water partition coefficient (Wildman–Crippen LogP) is 6.90. The summed E-state index contributed by atoms with van der Waals surface area (Å²) in [4.78, 5) is 28.4. The number of methoxy groups -OCH3 is 2. The molecule has 0 saturated carbocycles. The number of nitrogens with one attached hydrogen (secondary N) is 1. The van der Waals surface area contributed by atoms with E-state index in [0.29, 0.717) is 25.1 Å². The SMILES string of the molecule is COC(=O)[C@H](CCSC)NC(=O)c1ccc(CN(Cc2ccc(OC)cc2)c2ccccc2)cc1-c1ccccc1C. The van der Waals surface area contributed by atoms with E-state index in [2.05, 4.69) is 40.5 Å². The van der Waals surface area contributed by atoms with Crippen molar-refractivity contribution in [3.05, 3.63) is 119 Å². The Kier molecular flexibility index (Phi) is 11.1. The highest BCUT2D eigenvalue weighted by molar-refractivity contribution is 7.98. The lowest BCUT2D eigenvalue weighted by Gasteiger charge is -2.26. The van der Waals surface area contributed by atoms with Crippen molar-refractivity contribution in [2.24, 2.45) is 0 Å². The van der Waals surface area contributed by atoms with Crippen LogP contribution in [0.1, 0.15) is 33.5 Å². The van der Waals surface area contributed by atoms with Crippen LogP contribution in [0.5, 0.6) is 5.75 Å². The van der Waals surface area contributed by atoms with Gasteiger partial charge in [0.05, 0.1) is 14.2 Å². The van der Waals surface area contributed by atoms with Gasteiger partial charge >= 0.3 is 5.97 Å². The summed E-state index contributed by atoms with van der Waals surface area (Å²) in [5.74, 6) is 0.815. The first kappa shape index (κ1) is 30.7. The maximum absolute atomic E-state index is 13.6. The zero-order valence-electron chi connectivity index (χ0n) is 24.6. The lowest BCUT2D eigenvalue weighted by Crippen LogP contribution is -2.42. The molecule has 6 nitrogen and oxygen atoms in total. The van der Waals surface area contributed by atoms with E-state index < -0.39 is 12.0 Å². The molecule has 218 valence electrons. The highest BCUT2D eigenvalue weighted by Crippen LogP contribution is 2.30. The van der Waals surface area contributed by atoms with Gasteiger partial charge in [-0.05, 0) is 89.6 Å². The molecule has 0 bridgehead atoms. The molecule has 1 atom stereocenters. The van der Waals surface area contributed by atoms with Crippen molar-refractivity contribution < 1.29 is 19.1 Å². The number of hydrogen-bond acceptors (Lipinski definition) is 6. The third kappa shape index (κ3) is 7.95. The zero-order valence-corrected chi connectivity index (χ0v) is 25.4. The van der Waals surface area contributed by atoms with Gasteiger partial charge in [0.25, 0.3) is 5.91 Å². The average molecular weight is 583 g/mol. The Morgan fingerprint density at radius 2 is 1.50 bits per heavy atom. The van der Waals surface area contributed by atoms with Gasteiger partial charge in [-0.15, -0.1) is 0 Å². The Morgan fingerprint density at radius 3 is 2.17 bits per heavy atom. The van der Waals surface area contributed by atoms with Gasteiger partial charge in [0, 0.05) is 24.3 Å². The third-order valence-corrected chi connectivity index (χ3v) is 7.84. The van der Waals surface area contributed by atoms with E-state index in [4.69, 9.17) is 9.47 Å². The second-order valence-corrected chi connectivity index (χ2v) is 11.1. The number of amides is 1. The average Bonchev–Trinajstić information content (AvgIpc) is 3.03. The number of ether oxygens (including phenoxy) is 2. The molecule has 1 amide bonds. The lowest BCUT2D eigenvalue weighted by atomic mass is 9.93. The number of thioether (sulfide) groups is 1. The minimum Gasteiger partial charge on any atom is -0.497 e. The number of esters is 1. The standard InChI is InChI=1S/C35H38N2O4S/c1-25-10-8-9-13-30(25)32-22-27(16-19-31(32)34(38)36-33(20-21-42-4)35(39)41-3)24-37(28-11-6-5-7-12-28)23-26-14-17-29(40-2)18-15-26/h5-19,22,33H,20-21,23-24H2,1-4H3,(H,36,38)/t33-/m0/s1. The number of nitrogens with zero attached hydrogens (tertiary/aromatic N) is 1. The van der Waals surface area contributed by atoms with Crippen molar-refractivity contribution in [2.45, 2.75) is 32.5 Å². The van der Waals surface area contributed by atoms with Crippen LogP contribution in [0, 0.1) is 6.92 Å². The van der Waals surface area contributed by atoms with E-state index in [1.54, 1.807) is 18.9 Å². The summed E-state index contributed by atoms with van der Waals surface area (Å²) >= 11 is 1.62. The van der Waals surface area contributed by atoms with Crippen LogP contribution in [0.2, 0.25) is 0 Å². The molecule has 0 aliphatic rings. The molecule has 1 N–H and O–H groups in total. The summed E-state index contributed by atoms with van der Waals surface area (Å²) in [5, 5.41) is 2.93. The number of benzene rings is 4. The second-order valence-electron chi connectivity index (χ2n) is 10.1. The van der Waals surface area contributed by atoms with Gasteiger partial charge in [0.1, 0.15) is 11.8 Å². The molecule has 0 unspecified atom stereocenters. The topological polar surface area (TPSA) is 67.9 Å². The fourth-order valence-corrected chi connectivity index (χ4v) is 5.37. The molecule has 4 rings (SSSR count). The molecular weight excluding hydrogens is 544 g/mol. The van der Waals surface area contributed by atoms with Gasteiger partial charge in [-0.3, -0.25) is 4.79 Å². The number of carbonyl (C=O) groups excluding carboxylic acids is 2. The van der Waals surface area contributed by atoms with Crippen LogP contribution in [0.4, 0.5) is 5.69 Å². The van der Waals surface area contributed by atoms with E-state index in [0.717, 1.165) is 45.0 Å². The number of carbonyl (C=O) groups is 2. The van der Waals surface area contributed by atoms with E-state index in [9.17, 15) is 9.59 Å². The van der Waals surface area contributed by atoms with Crippen molar-refractivity contribution in [1.82, 2.24) is 5.32 Å². The Labute approximate surface area is 253 Å². The number of aryl methyl sites for hydroxylation is 1. The summed E-state index contributed by atoms with van der Waals surface area (Å²) in [5.41, 5.74) is 6.71. The zero-order chi connectivity index (χ0) is 29.9. The first-order valence-corrected chi connectivity index (χ1v) is 15.3. The molecule has 0 aromatic heterocycles. The second kappa shape index (κ2) is 15.1. The maximum atomic E-state index is 13.6. The van der Waals surface area contributed by atoms with Crippen LogP contribution in [0.25, 0.3) is 11.1 Å². The van der Waals surface area contributed by atoms with Crippen molar-refractivity contribution in [2.75, 3.05) is 31.1 Å². The van der Waals surface area contributed by atoms with E-state index in [1.165, 1.54) is 7.11 Å². The summed E-state index contributed by atoms with van der Waals surface area (Å²) in [6.07, 6.45) is 2.47. The first-order valence-electron chi connectivity index (χ1n) is 13.9. The Bertz CT molecular complexity index is 1470. The quantitative estimate of drug-likeness (QED) is 0.173. The van der Waals surface area contributed by atoms with Crippen molar-refractivity contribution in [3.63, 3.8) is 0 Å². The fraction of sp³-hybridized carbons (Fsp3) is 0.257. The van der Waals surface area contributed by atoms with Crippen LogP contribution in [0.3, 0.4) is 0 Å². The molecule has 0 saturated heterocycles. The van der Waals surface area contributed by atoms with Crippen LogP contribution < -0.4 is 15.0 Å². The summed E-state index contributed by atoms with van der Waals surface area (Å²) in [6.45, 7) is 3.38. The Hall–Kier alpha value is -4.23. The van der Waals surface area contributed by atoms with Crippen LogP contribution in [-0.2, 0) is 22.6 Å². The smallest absolute Gasteiger partial charge is 0.328 e. The van der Waals surface area contributed by atoms with Crippen molar-refractivity contribution in [3.8, 4) is 16.9 Å². The fourth-order valence-electron chi connectivity index (χ4n) is 4.90. The minimum absolute atomic E-state index is 0.297. The van der Waals surface area contributed by atoms with E-state index >= 15 is 0 Å². The molecule has 7 heteroatoms. The Morgan fingerprint density at radius 1 is 0.833 bits per heavy atom. The molecule has 0 spiro atoms. The predicted molar refractivity (Wildman–Crippen MR) is 172 cm³/mol. The Balaban J connectivity index is 1.69. The van der Waals surface area contributed by atoms with Crippen molar-refractivity contribution in [1.29, 1.82) is 0 Å². The molecule has 4 aromatic carbocycles. The number of rotatable bonds is 13. The molecule has 0 radical (unpaired) electrons. The van der Waals surface area contributed by atoms with Gasteiger partial charge < -0.3 is 19.7 Å². The highest BCUT2D eigenvalue weighted by atomic mass is 32.2. The summed E-state index contributed by atoms with van der Waals surface area (Å²) in [6, 6.07) is 31.7. The van der Waals surface area contributed by atoms with Gasteiger partial charge in [-0.25, -0.2) is 4.79 Å². The molecule has 0 fully saturated rings. The van der Waals surface area contributed by atoms with E-state index in [1.807, 2.05) is 79.9 Å². The monoisotopic (exact) mass is 582 g/mol. The molecule has 0 aliphatic carbocycles. The number of para-hydroxylation sites is 1. The van der Waals surface area contributed by atoms with Gasteiger partial charge in [0.2, 0.25) is 0 Å². The highest BCUT2D eigenvalue weighted by Gasteiger charge is 2.24. The van der Waals surface area contributed by atoms with Gasteiger partial charge in [0.15, 0.2) is 0 Å². The number of hydrogen-bond donors (Lipinski definition) is 1. The van der Waals surface area contributed by atoms with Crippen LogP contribution in [-0.4, -0.2) is 44.1 Å². The van der Waals surface area contributed by atoms with E-state index in [-0.39, 0.29) is 5.91 Å². The summed E-state index contributed by atoms with van der Waals surface area (Å²) < 4.78 is 10.3. The molecule has 4 aromatic rings. The lowest BCUT2D eigenvalue weighted by molar-refractivity contribution is -0.142. The van der Waals surface area contributed by atoms with Crippen LogP contribution >= 0.6 is 11.8 Å². The number of anilines is 1. The summed E-state index contributed by atoms with van der Waals surface area (Å²) in [7, 11) is 3.01. The van der Waals surface area contributed by atoms with Crippen LogP contribution in [0.15, 0.2) is 97.1 Å². The largest absolute Gasteiger partial charge is 0.497 e. The third-order valence-electron chi connectivity index (χ3n) is 7.19. The minimum atomic E-state index is -0.711. The molecule has 42 heavy (non-hydrogen) atoms. The van der Waals surface area contributed by atoms with Gasteiger partial charge in [-0.2, -0.15) is 11.8 Å². The molecule has 0 aliphatic heterocycles. The first-order chi connectivity index (χ1) is 20.4. The van der Waals surface area contributed by atoms with Crippen molar-refractivity contribution >= 4 is 29.3 Å².